The second-order valence-electron chi connectivity index (χ2n) is 7.48. The van der Waals surface area contributed by atoms with Gasteiger partial charge in [0.05, 0.1) is 25.9 Å². The molecule has 8 heteroatoms. The van der Waals surface area contributed by atoms with Gasteiger partial charge in [0.15, 0.2) is 9.84 Å². The molecule has 164 valence electrons. The van der Waals surface area contributed by atoms with Crippen molar-refractivity contribution in [1.82, 2.24) is 4.98 Å². The molecule has 1 N–H and O–H groups in total. The summed E-state index contributed by atoms with van der Waals surface area (Å²) >= 11 is 8.22. The lowest BCUT2D eigenvalue weighted by atomic mass is 10.0. The van der Waals surface area contributed by atoms with Crippen LogP contribution in [0.5, 0.6) is 0 Å². The molecule has 0 unspecified atom stereocenters. The van der Waals surface area contributed by atoms with Crippen LogP contribution in [0.3, 0.4) is 0 Å². The van der Waals surface area contributed by atoms with Crippen LogP contribution < -0.4 is 5.32 Å². The Kier molecular flexibility index (Phi) is 6.07. The average Bonchev–Trinajstić information content (AvgIpc) is 3.16. The predicted octanol–water partition coefficient (Wildman–Crippen LogP) is 6.34. The van der Waals surface area contributed by atoms with Gasteiger partial charge in [-0.2, -0.15) is 0 Å². The Morgan fingerprint density at radius 3 is 2.53 bits per heavy atom. The second kappa shape index (κ2) is 8.65. The van der Waals surface area contributed by atoms with Gasteiger partial charge in [0, 0.05) is 23.7 Å². The van der Waals surface area contributed by atoms with Crippen LogP contribution in [-0.4, -0.2) is 25.1 Å². The minimum absolute atomic E-state index is 0.0112. The minimum Gasteiger partial charge on any atom is -0.326 e. The number of aryl methyl sites for hydroxylation is 1. The van der Waals surface area contributed by atoms with E-state index in [1.165, 1.54) is 18.6 Å². The number of anilines is 1. The Morgan fingerprint density at radius 2 is 1.84 bits per heavy atom. The first kappa shape index (κ1) is 22.5. The highest BCUT2D eigenvalue weighted by Crippen LogP contribution is 2.39. The standard InChI is InChI=1S/C24H21ClN2O3S2/c1-4-32(29,30)17-7-10-21(26-15(3)28)19(13-17)16-6-8-18(20(25)12-16)24-27-22-9-5-14(2)11-23(22)31-24/h5-13H,4H2,1-3H3,(H,26,28). The van der Waals surface area contributed by atoms with Crippen LogP contribution >= 0.6 is 22.9 Å². The molecule has 0 aliphatic heterocycles. The van der Waals surface area contributed by atoms with Crippen LogP contribution in [0, 0.1) is 6.92 Å². The molecule has 1 aromatic heterocycles. The quantitative estimate of drug-likeness (QED) is 0.358. The number of aromatic nitrogens is 1. The van der Waals surface area contributed by atoms with Gasteiger partial charge in [-0.05, 0) is 60.5 Å². The van der Waals surface area contributed by atoms with E-state index in [1.54, 1.807) is 36.5 Å². The molecule has 0 fully saturated rings. The van der Waals surface area contributed by atoms with Gasteiger partial charge in [-0.25, -0.2) is 13.4 Å². The zero-order chi connectivity index (χ0) is 23.0. The fraction of sp³-hybridized carbons (Fsp3) is 0.167. The van der Waals surface area contributed by atoms with Gasteiger partial charge in [-0.3, -0.25) is 4.79 Å². The normalized spacial score (nSPS) is 11.6. The van der Waals surface area contributed by atoms with E-state index < -0.39 is 9.84 Å². The number of carbonyl (C=O) groups excluding carboxylic acids is 1. The smallest absolute Gasteiger partial charge is 0.221 e. The Labute approximate surface area is 196 Å². The average molecular weight is 485 g/mol. The van der Waals surface area contributed by atoms with Gasteiger partial charge in [0.25, 0.3) is 0 Å². The molecule has 4 aromatic rings. The number of nitrogens with zero attached hydrogens (tertiary/aromatic N) is 1. The number of amides is 1. The first-order valence-electron chi connectivity index (χ1n) is 10.00. The SMILES string of the molecule is CCS(=O)(=O)c1ccc(NC(C)=O)c(-c2ccc(-c3nc4ccc(C)cc4s3)c(Cl)c2)c1. The van der Waals surface area contributed by atoms with E-state index in [9.17, 15) is 13.2 Å². The molecule has 0 aliphatic carbocycles. The first-order valence-corrected chi connectivity index (χ1v) is 12.8. The summed E-state index contributed by atoms with van der Waals surface area (Å²) in [7, 11) is -3.41. The van der Waals surface area contributed by atoms with E-state index in [2.05, 4.69) is 11.4 Å². The van der Waals surface area contributed by atoms with Crippen molar-refractivity contribution in [3.63, 3.8) is 0 Å². The van der Waals surface area contributed by atoms with E-state index in [4.69, 9.17) is 16.6 Å². The van der Waals surface area contributed by atoms with Crippen molar-refractivity contribution in [2.45, 2.75) is 25.7 Å². The molecule has 5 nitrogen and oxygen atoms in total. The molecule has 0 radical (unpaired) electrons. The maximum Gasteiger partial charge on any atom is 0.221 e. The summed E-state index contributed by atoms with van der Waals surface area (Å²) in [5.74, 6) is -0.257. The van der Waals surface area contributed by atoms with Gasteiger partial charge in [0.2, 0.25) is 5.91 Å². The number of rotatable bonds is 5. The van der Waals surface area contributed by atoms with Crippen LogP contribution in [-0.2, 0) is 14.6 Å². The summed E-state index contributed by atoms with van der Waals surface area (Å²) in [6, 6.07) is 16.3. The van der Waals surface area contributed by atoms with Crippen molar-refractivity contribution in [2.75, 3.05) is 11.1 Å². The number of benzene rings is 3. The van der Waals surface area contributed by atoms with Crippen LogP contribution in [0.15, 0.2) is 59.5 Å². The monoisotopic (exact) mass is 484 g/mol. The fourth-order valence-electron chi connectivity index (χ4n) is 3.42. The third-order valence-electron chi connectivity index (χ3n) is 5.10. The maximum absolute atomic E-state index is 12.4. The molecule has 0 bridgehead atoms. The summed E-state index contributed by atoms with van der Waals surface area (Å²) in [5.41, 5.74) is 4.69. The number of fused-ring (bicyclic) bond motifs is 1. The highest BCUT2D eigenvalue weighted by atomic mass is 35.5. The molecular weight excluding hydrogens is 464 g/mol. The Bertz CT molecular complexity index is 1460. The summed E-state index contributed by atoms with van der Waals surface area (Å²) in [6.07, 6.45) is 0. The van der Waals surface area contributed by atoms with Crippen LogP contribution in [0.25, 0.3) is 31.9 Å². The lowest BCUT2D eigenvalue weighted by Crippen LogP contribution is -2.09. The molecule has 1 heterocycles. The molecule has 0 atom stereocenters. The van der Waals surface area contributed by atoms with E-state index in [0.29, 0.717) is 21.8 Å². The third kappa shape index (κ3) is 4.41. The van der Waals surface area contributed by atoms with Crippen molar-refractivity contribution < 1.29 is 13.2 Å². The van der Waals surface area contributed by atoms with Crippen molar-refractivity contribution >= 4 is 54.6 Å². The van der Waals surface area contributed by atoms with Gasteiger partial charge in [-0.15, -0.1) is 11.3 Å². The molecule has 0 saturated carbocycles. The number of thiazole rings is 1. The number of nitrogens with one attached hydrogen (secondary N) is 1. The zero-order valence-corrected chi connectivity index (χ0v) is 20.2. The predicted molar refractivity (Wildman–Crippen MR) is 132 cm³/mol. The van der Waals surface area contributed by atoms with E-state index in [1.807, 2.05) is 31.2 Å². The maximum atomic E-state index is 12.4. The van der Waals surface area contributed by atoms with Crippen molar-refractivity contribution in [3.8, 4) is 21.7 Å². The molecule has 32 heavy (non-hydrogen) atoms. The number of sulfone groups is 1. The molecule has 1 amide bonds. The number of halogens is 1. The first-order chi connectivity index (χ1) is 15.2. The zero-order valence-electron chi connectivity index (χ0n) is 17.8. The van der Waals surface area contributed by atoms with Gasteiger partial charge in [-0.1, -0.05) is 30.7 Å². The fourth-order valence-corrected chi connectivity index (χ4v) is 5.76. The number of hydrogen-bond acceptors (Lipinski definition) is 5. The molecule has 0 spiro atoms. The molecule has 3 aromatic carbocycles. The summed E-state index contributed by atoms with van der Waals surface area (Å²) in [4.78, 5) is 16.6. The molecule has 0 saturated heterocycles. The topological polar surface area (TPSA) is 76.1 Å². The highest BCUT2D eigenvalue weighted by Gasteiger charge is 2.17. The molecule has 0 aliphatic rings. The Hall–Kier alpha value is -2.74. The summed E-state index contributed by atoms with van der Waals surface area (Å²) in [6.45, 7) is 5.05. The van der Waals surface area contributed by atoms with Gasteiger partial charge in [0.1, 0.15) is 5.01 Å². The van der Waals surface area contributed by atoms with E-state index >= 15 is 0 Å². The van der Waals surface area contributed by atoms with Crippen molar-refractivity contribution in [2.24, 2.45) is 0 Å². The van der Waals surface area contributed by atoms with Crippen molar-refractivity contribution in [3.05, 3.63) is 65.2 Å². The van der Waals surface area contributed by atoms with Gasteiger partial charge >= 0.3 is 0 Å². The highest BCUT2D eigenvalue weighted by molar-refractivity contribution is 7.91. The van der Waals surface area contributed by atoms with E-state index in [0.717, 1.165) is 20.8 Å². The lowest BCUT2D eigenvalue weighted by Gasteiger charge is -2.14. The third-order valence-corrected chi connectivity index (χ3v) is 8.19. The molecule has 4 rings (SSSR count). The minimum atomic E-state index is -3.41. The summed E-state index contributed by atoms with van der Waals surface area (Å²) < 4.78 is 25.9. The van der Waals surface area contributed by atoms with Crippen LogP contribution in [0.4, 0.5) is 5.69 Å². The van der Waals surface area contributed by atoms with Crippen LogP contribution in [0.2, 0.25) is 5.02 Å². The number of carbonyl (C=O) groups is 1. The number of hydrogen-bond donors (Lipinski definition) is 1. The van der Waals surface area contributed by atoms with Crippen molar-refractivity contribution in [1.29, 1.82) is 0 Å². The van der Waals surface area contributed by atoms with Gasteiger partial charge < -0.3 is 5.32 Å². The lowest BCUT2D eigenvalue weighted by molar-refractivity contribution is -0.114. The largest absolute Gasteiger partial charge is 0.326 e. The second-order valence-corrected chi connectivity index (χ2v) is 11.2. The van der Waals surface area contributed by atoms with Crippen LogP contribution in [0.1, 0.15) is 19.4 Å². The molecular formula is C24H21ClN2O3S2. The Morgan fingerprint density at radius 1 is 1.06 bits per heavy atom. The Balaban J connectivity index is 1.82. The van der Waals surface area contributed by atoms with E-state index in [-0.39, 0.29) is 16.6 Å². The summed E-state index contributed by atoms with van der Waals surface area (Å²) in [5, 5.41) is 4.08.